The van der Waals surface area contributed by atoms with Crippen molar-refractivity contribution in [2.75, 3.05) is 17.3 Å². The standard InChI is InChI=1S/C25H24Cl2N2O4/c1-13(30)29-20-8-5-14(24(32)33-4)9-18(20)28-19-11-25(2,3)12-21(31)22(19)23(29)16-7-6-15(26)10-17(16)27/h5-10,23,28H,11-12H2,1-4H3. The first-order chi connectivity index (χ1) is 15.5. The third-order valence-corrected chi connectivity index (χ3v) is 6.57. The molecule has 1 unspecified atom stereocenters. The molecule has 1 aliphatic carbocycles. The van der Waals surface area contributed by atoms with Gasteiger partial charge in [0, 0.05) is 34.7 Å². The Morgan fingerprint density at radius 3 is 2.48 bits per heavy atom. The van der Waals surface area contributed by atoms with E-state index in [9.17, 15) is 14.4 Å². The molecule has 33 heavy (non-hydrogen) atoms. The highest BCUT2D eigenvalue weighted by Gasteiger charge is 2.43. The fourth-order valence-electron chi connectivity index (χ4n) is 4.65. The van der Waals surface area contributed by atoms with E-state index in [1.165, 1.54) is 14.0 Å². The summed E-state index contributed by atoms with van der Waals surface area (Å²) in [6.45, 7) is 5.50. The van der Waals surface area contributed by atoms with Crippen LogP contribution in [-0.4, -0.2) is 24.8 Å². The molecule has 0 saturated heterocycles. The average Bonchev–Trinajstić information content (AvgIpc) is 2.85. The van der Waals surface area contributed by atoms with Crippen molar-refractivity contribution < 1.29 is 19.1 Å². The van der Waals surface area contributed by atoms with Crippen LogP contribution in [0.3, 0.4) is 0 Å². The molecule has 1 N–H and O–H groups in total. The van der Waals surface area contributed by atoms with Crippen LogP contribution in [0.2, 0.25) is 10.0 Å². The molecule has 0 saturated carbocycles. The Labute approximate surface area is 202 Å². The number of fused-ring (bicyclic) bond motifs is 1. The molecule has 0 bridgehead atoms. The van der Waals surface area contributed by atoms with Crippen LogP contribution < -0.4 is 10.2 Å². The van der Waals surface area contributed by atoms with Gasteiger partial charge in [0.1, 0.15) is 0 Å². The minimum absolute atomic E-state index is 0.0583. The summed E-state index contributed by atoms with van der Waals surface area (Å²) in [5.41, 5.74) is 2.93. The lowest BCUT2D eigenvalue weighted by Crippen LogP contribution is -2.38. The van der Waals surface area contributed by atoms with Crippen molar-refractivity contribution in [2.24, 2.45) is 5.41 Å². The Bertz CT molecular complexity index is 1220. The molecule has 2 aliphatic rings. The van der Waals surface area contributed by atoms with Crippen LogP contribution in [0.4, 0.5) is 11.4 Å². The van der Waals surface area contributed by atoms with Gasteiger partial charge in [0.2, 0.25) is 5.91 Å². The molecule has 8 heteroatoms. The molecule has 1 heterocycles. The van der Waals surface area contributed by atoms with E-state index in [-0.39, 0.29) is 17.1 Å². The lowest BCUT2D eigenvalue weighted by molar-refractivity contribution is -0.118. The van der Waals surface area contributed by atoms with Crippen molar-refractivity contribution in [3.05, 3.63) is 68.8 Å². The molecular weight excluding hydrogens is 463 g/mol. The number of hydrogen-bond donors (Lipinski definition) is 1. The van der Waals surface area contributed by atoms with Crippen molar-refractivity contribution in [1.29, 1.82) is 0 Å². The summed E-state index contributed by atoms with van der Waals surface area (Å²) in [4.78, 5) is 40.3. The number of allylic oxidation sites excluding steroid dienone is 1. The van der Waals surface area contributed by atoms with Crippen LogP contribution >= 0.6 is 23.2 Å². The predicted molar refractivity (Wildman–Crippen MR) is 129 cm³/mol. The average molecular weight is 487 g/mol. The Hall–Kier alpha value is -2.83. The smallest absolute Gasteiger partial charge is 0.337 e. The lowest BCUT2D eigenvalue weighted by atomic mass is 9.73. The molecule has 6 nitrogen and oxygen atoms in total. The third kappa shape index (κ3) is 4.25. The first-order valence-electron chi connectivity index (χ1n) is 10.5. The molecule has 2 aromatic rings. The molecule has 4 rings (SSSR count). The number of esters is 1. The largest absolute Gasteiger partial charge is 0.465 e. The number of halogens is 2. The zero-order valence-electron chi connectivity index (χ0n) is 18.8. The van der Waals surface area contributed by atoms with Gasteiger partial charge in [0.15, 0.2) is 5.78 Å². The number of rotatable bonds is 2. The van der Waals surface area contributed by atoms with Crippen LogP contribution in [0.25, 0.3) is 0 Å². The number of Topliss-reactive ketones (excluding diaryl/α,β-unsaturated/α-hetero) is 1. The minimum atomic E-state index is -0.747. The van der Waals surface area contributed by atoms with Crippen LogP contribution in [0, 0.1) is 5.41 Å². The Kier molecular flexibility index (Phi) is 6.01. The molecular formula is C25H24Cl2N2O4. The molecule has 1 amide bonds. The van der Waals surface area contributed by atoms with E-state index >= 15 is 0 Å². The van der Waals surface area contributed by atoms with Gasteiger partial charge >= 0.3 is 5.97 Å². The normalized spacial score (nSPS) is 19.3. The molecule has 1 aliphatic heterocycles. The Morgan fingerprint density at radius 2 is 1.85 bits per heavy atom. The van der Waals surface area contributed by atoms with Gasteiger partial charge in [0.05, 0.1) is 30.1 Å². The highest BCUT2D eigenvalue weighted by Crippen LogP contribution is 2.49. The first-order valence-corrected chi connectivity index (χ1v) is 11.3. The second-order valence-corrected chi connectivity index (χ2v) is 9.98. The molecule has 0 aromatic heterocycles. The van der Waals surface area contributed by atoms with Gasteiger partial charge in [-0.1, -0.05) is 43.1 Å². The summed E-state index contributed by atoms with van der Waals surface area (Å²) in [5.74, 6) is -0.826. The van der Waals surface area contributed by atoms with E-state index in [4.69, 9.17) is 27.9 Å². The number of anilines is 2. The molecule has 1 atom stereocenters. The van der Waals surface area contributed by atoms with Crippen molar-refractivity contribution in [3.63, 3.8) is 0 Å². The van der Waals surface area contributed by atoms with E-state index in [2.05, 4.69) is 5.32 Å². The van der Waals surface area contributed by atoms with E-state index in [1.807, 2.05) is 13.8 Å². The summed E-state index contributed by atoms with van der Waals surface area (Å²) < 4.78 is 4.86. The van der Waals surface area contributed by atoms with Crippen molar-refractivity contribution >= 4 is 52.2 Å². The topological polar surface area (TPSA) is 75.7 Å². The maximum absolute atomic E-state index is 13.5. The molecule has 172 valence electrons. The Balaban J connectivity index is 2.03. The molecule has 0 radical (unpaired) electrons. The van der Waals surface area contributed by atoms with E-state index in [1.54, 1.807) is 41.3 Å². The van der Waals surface area contributed by atoms with Crippen LogP contribution in [0.5, 0.6) is 0 Å². The van der Waals surface area contributed by atoms with Crippen LogP contribution in [0.15, 0.2) is 47.7 Å². The number of ketones is 1. The fraction of sp³-hybridized carbons (Fsp3) is 0.320. The van der Waals surface area contributed by atoms with E-state index in [0.29, 0.717) is 56.7 Å². The van der Waals surface area contributed by atoms with Gasteiger partial charge in [-0.15, -0.1) is 0 Å². The number of carbonyl (C=O) groups excluding carboxylic acids is 3. The number of carbonyl (C=O) groups is 3. The van der Waals surface area contributed by atoms with Gasteiger partial charge in [0.25, 0.3) is 0 Å². The van der Waals surface area contributed by atoms with Gasteiger partial charge in [-0.05, 0) is 47.7 Å². The van der Waals surface area contributed by atoms with E-state index in [0.717, 1.165) is 0 Å². The Morgan fingerprint density at radius 1 is 1.12 bits per heavy atom. The molecule has 0 spiro atoms. The second-order valence-electron chi connectivity index (χ2n) is 9.14. The van der Waals surface area contributed by atoms with Gasteiger partial charge in [-0.2, -0.15) is 0 Å². The number of hydrogen-bond acceptors (Lipinski definition) is 5. The van der Waals surface area contributed by atoms with E-state index < -0.39 is 12.0 Å². The SMILES string of the molecule is COC(=O)c1ccc2c(c1)NC1=C(C(=O)CC(C)(C)C1)C(c1ccc(Cl)cc1Cl)N2C(C)=O. The number of methoxy groups -OCH3 is 1. The summed E-state index contributed by atoms with van der Waals surface area (Å²) in [6.07, 6.45) is 0.925. The van der Waals surface area contributed by atoms with Gasteiger partial charge in [-0.3, -0.25) is 14.5 Å². The van der Waals surface area contributed by atoms with Crippen molar-refractivity contribution in [3.8, 4) is 0 Å². The first kappa shape index (κ1) is 23.3. The van der Waals surface area contributed by atoms with Crippen LogP contribution in [0.1, 0.15) is 55.6 Å². The number of benzene rings is 2. The minimum Gasteiger partial charge on any atom is -0.465 e. The third-order valence-electron chi connectivity index (χ3n) is 6.01. The number of nitrogens with one attached hydrogen (secondary N) is 1. The van der Waals surface area contributed by atoms with Gasteiger partial charge in [-0.25, -0.2) is 4.79 Å². The van der Waals surface area contributed by atoms with Crippen molar-refractivity contribution in [1.82, 2.24) is 0 Å². The lowest BCUT2D eigenvalue weighted by Gasteiger charge is -2.37. The van der Waals surface area contributed by atoms with Crippen molar-refractivity contribution in [2.45, 2.75) is 39.7 Å². The van der Waals surface area contributed by atoms with Crippen LogP contribution in [-0.2, 0) is 14.3 Å². The maximum atomic E-state index is 13.5. The second kappa shape index (κ2) is 8.50. The monoisotopic (exact) mass is 486 g/mol. The number of amides is 1. The number of ether oxygens (including phenoxy) is 1. The highest BCUT2D eigenvalue weighted by molar-refractivity contribution is 6.35. The predicted octanol–water partition coefficient (Wildman–Crippen LogP) is 5.94. The summed E-state index contributed by atoms with van der Waals surface area (Å²) >= 11 is 12.7. The molecule has 0 fully saturated rings. The van der Waals surface area contributed by atoms with Gasteiger partial charge < -0.3 is 10.1 Å². The highest BCUT2D eigenvalue weighted by atomic mass is 35.5. The fourth-order valence-corrected chi connectivity index (χ4v) is 5.17. The quantitative estimate of drug-likeness (QED) is 0.531. The maximum Gasteiger partial charge on any atom is 0.337 e. The zero-order chi connectivity index (χ0) is 24.1. The molecule has 2 aromatic carbocycles. The summed E-state index contributed by atoms with van der Waals surface area (Å²) in [6, 6.07) is 9.21. The zero-order valence-corrected chi connectivity index (χ0v) is 20.3. The number of nitrogens with zero attached hydrogens (tertiary/aromatic N) is 1. The summed E-state index contributed by atoms with van der Waals surface area (Å²) in [7, 11) is 1.31. The summed E-state index contributed by atoms with van der Waals surface area (Å²) in [5, 5.41) is 4.19.